The lowest BCUT2D eigenvalue weighted by molar-refractivity contribution is -0.0987. The highest BCUT2D eigenvalue weighted by molar-refractivity contribution is 7.85. The zero-order valence-electron chi connectivity index (χ0n) is 15.6. The van der Waals surface area contributed by atoms with E-state index in [0.717, 1.165) is 11.1 Å². The van der Waals surface area contributed by atoms with Crippen LogP contribution < -0.4 is 0 Å². The van der Waals surface area contributed by atoms with Gasteiger partial charge in [-0.1, -0.05) is 55.0 Å². The number of aliphatic hydroxyl groups is 2. The van der Waals surface area contributed by atoms with Gasteiger partial charge in [-0.2, -0.15) is 0 Å². The monoisotopic (exact) mass is 376 g/mol. The number of rotatable bonds is 9. The van der Waals surface area contributed by atoms with Gasteiger partial charge >= 0.3 is 0 Å². The average Bonchev–Trinajstić information content (AvgIpc) is 2.62. The highest BCUT2D eigenvalue weighted by Gasteiger charge is 2.34. The molecule has 0 fully saturated rings. The number of ether oxygens (including phenoxy) is 1. The van der Waals surface area contributed by atoms with Crippen LogP contribution in [-0.4, -0.2) is 38.5 Å². The molecule has 0 aliphatic heterocycles. The molecule has 2 aromatic rings. The maximum atomic E-state index is 12.4. The largest absolute Gasteiger partial charge is 0.392 e. The van der Waals surface area contributed by atoms with Crippen molar-refractivity contribution in [3.8, 4) is 0 Å². The molecule has 2 aromatic carbocycles. The molecule has 0 aromatic heterocycles. The molecule has 5 heteroatoms. The van der Waals surface area contributed by atoms with Gasteiger partial charge in [0.15, 0.2) is 0 Å². The minimum atomic E-state index is -1.31. The minimum Gasteiger partial charge on any atom is -0.392 e. The standard InChI is InChI=1S/C21H28O4S/c1-16-9-11-19(12-10-16)26(24)14-20(22)17(2)21(3,23)15-25-13-18-7-5-4-6-8-18/h4-12,17,20,22-23H,13-15H2,1-3H3/t17-,20+,21+,26?/m0/s1. The van der Waals surface area contributed by atoms with Gasteiger partial charge in [0, 0.05) is 10.8 Å². The Morgan fingerprint density at radius 2 is 1.73 bits per heavy atom. The first-order valence-corrected chi connectivity index (χ1v) is 10.1. The van der Waals surface area contributed by atoms with Gasteiger partial charge in [-0.25, -0.2) is 0 Å². The molecule has 0 amide bonds. The van der Waals surface area contributed by atoms with Gasteiger partial charge < -0.3 is 14.9 Å². The van der Waals surface area contributed by atoms with E-state index in [1.165, 1.54) is 0 Å². The van der Waals surface area contributed by atoms with E-state index in [9.17, 15) is 14.4 Å². The molecule has 0 spiro atoms. The molecule has 1 unspecified atom stereocenters. The van der Waals surface area contributed by atoms with Gasteiger partial charge in [0.2, 0.25) is 0 Å². The van der Waals surface area contributed by atoms with Crippen molar-refractivity contribution in [3.63, 3.8) is 0 Å². The van der Waals surface area contributed by atoms with E-state index in [1.807, 2.05) is 61.5 Å². The fourth-order valence-corrected chi connectivity index (χ4v) is 3.81. The molecule has 0 aliphatic rings. The van der Waals surface area contributed by atoms with E-state index in [1.54, 1.807) is 13.8 Å². The number of aliphatic hydroxyl groups excluding tert-OH is 1. The first-order valence-electron chi connectivity index (χ1n) is 8.77. The molecule has 2 N–H and O–H groups in total. The second kappa shape index (κ2) is 9.42. The zero-order chi connectivity index (χ0) is 19.2. The number of hydrogen-bond donors (Lipinski definition) is 2. The molecule has 4 nitrogen and oxygen atoms in total. The van der Waals surface area contributed by atoms with Crippen molar-refractivity contribution in [2.45, 2.75) is 44.0 Å². The van der Waals surface area contributed by atoms with Gasteiger partial charge in [-0.05, 0) is 31.5 Å². The Balaban J connectivity index is 1.87. The smallest absolute Gasteiger partial charge is 0.0902 e. The van der Waals surface area contributed by atoms with Crippen molar-refractivity contribution >= 4 is 10.8 Å². The van der Waals surface area contributed by atoms with Crippen molar-refractivity contribution in [3.05, 3.63) is 65.7 Å². The molecule has 4 atom stereocenters. The van der Waals surface area contributed by atoms with Crippen LogP contribution in [0, 0.1) is 12.8 Å². The summed E-state index contributed by atoms with van der Waals surface area (Å²) in [5, 5.41) is 21.1. The van der Waals surface area contributed by atoms with Gasteiger partial charge in [0.25, 0.3) is 0 Å². The molecule has 0 radical (unpaired) electrons. The third kappa shape index (κ3) is 6.02. The molecule has 142 valence electrons. The average molecular weight is 377 g/mol. The van der Waals surface area contributed by atoms with Gasteiger partial charge in [-0.3, -0.25) is 4.21 Å². The van der Waals surface area contributed by atoms with Crippen molar-refractivity contribution in [1.82, 2.24) is 0 Å². The molecular formula is C21H28O4S. The fourth-order valence-electron chi connectivity index (χ4n) is 2.58. The molecule has 0 saturated carbocycles. The Morgan fingerprint density at radius 1 is 1.12 bits per heavy atom. The van der Waals surface area contributed by atoms with Crippen LogP contribution in [0.5, 0.6) is 0 Å². The van der Waals surface area contributed by atoms with E-state index in [-0.39, 0.29) is 12.4 Å². The lowest BCUT2D eigenvalue weighted by Gasteiger charge is -2.33. The lowest BCUT2D eigenvalue weighted by atomic mass is 9.87. The van der Waals surface area contributed by atoms with Crippen LogP contribution in [0.15, 0.2) is 59.5 Å². The SMILES string of the molecule is Cc1ccc(S(=O)C[C@@H](O)[C@H](C)[C@](C)(O)COCc2ccccc2)cc1. The summed E-state index contributed by atoms with van der Waals surface area (Å²) in [6.45, 7) is 5.85. The molecule has 0 bridgehead atoms. The van der Waals surface area contributed by atoms with Crippen LogP contribution in [0.3, 0.4) is 0 Å². The quantitative estimate of drug-likeness (QED) is 0.706. The Morgan fingerprint density at radius 3 is 2.35 bits per heavy atom. The normalized spacial score (nSPS) is 17.3. The van der Waals surface area contributed by atoms with Crippen LogP contribution >= 0.6 is 0 Å². The molecule has 0 heterocycles. The van der Waals surface area contributed by atoms with Gasteiger partial charge in [0.1, 0.15) is 0 Å². The predicted octanol–water partition coefficient (Wildman–Crippen LogP) is 3.07. The predicted molar refractivity (Wildman–Crippen MR) is 104 cm³/mol. The highest BCUT2D eigenvalue weighted by atomic mass is 32.2. The Kier molecular flexibility index (Phi) is 7.53. The van der Waals surface area contributed by atoms with Crippen LogP contribution in [0.2, 0.25) is 0 Å². The van der Waals surface area contributed by atoms with E-state index in [4.69, 9.17) is 4.74 Å². The topological polar surface area (TPSA) is 66.8 Å². The van der Waals surface area contributed by atoms with E-state index >= 15 is 0 Å². The van der Waals surface area contributed by atoms with Crippen molar-refractivity contribution in [2.75, 3.05) is 12.4 Å². The number of hydrogen-bond acceptors (Lipinski definition) is 4. The van der Waals surface area contributed by atoms with Crippen LogP contribution in [-0.2, 0) is 22.1 Å². The first-order chi connectivity index (χ1) is 12.3. The number of benzene rings is 2. The van der Waals surface area contributed by atoms with Crippen molar-refractivity contribution < 1.29 is 19.2 Å². The molecule has 0 saturated heterocycles. The molecule has 26 heavy (non-hydrogen) atoms. The van der Waals surface area contributed by atoms with Gasteiger partial charge in [0.05, 0.1) is 41.5 Å². The Hall–Kier alpha value is -1.53. The van der Waals surface area contributed by atoms with Crippen molar-refractivity contribution in [2.24, 2.45) is 5.92 Å². The van der Waals surface area contributed by atoms with E-state index in [2.05, 4.69) is 0 Å². The molecular weight excluding hydrogens is 348 g/mol. The lowest BCUT2D eigenvalue weighted by Crippen LogP contribution is -2.45. The summed E-state index contributed by atoms with van der Waals surface area (Å²) in [7, 11) is -1.31. The second-order valence-corrected chi connectivity index (χ2v) is 8.51. The van der Waals surface area contributed by atoms with Crippen LogP contribution in [0.1, 0.15) is 25.0 Å². The highest BCUT2D eigenvalue weighted by Crippen LogP contribution is 2.23. The first kappa shape index (κ1) is 20.8. The molecule has 2 rings (SSSR count). The summed E-state index contributed by atoms with van der Waals surface area (Å²) >= 11 is 0. The second-order valence-electron chi connectivity index (χ2n) is 7.02. The Bertz CT molecular complexity index is 698. The van der Waals surface area contributed by atoms with Crippen LogP contribution in [0.25, 0.3) is 0 Å². The minimum absolute atomic E-state index is 0.0824. The van der Waals surface area contributed by atoms with E-state index < -0.39 is 28.4 Å². The maximum absolute atomic E-state index is 12.4. The third-order valence-corrected chi connectivity index (χ3v) is 6.11. The molecule has 0 aliphatic carbocycles. The maximum Gasteiger partial charge on any atom is 0.0902 e. The van der Waals surface area contributed by atoms with Crippen LogP contribution in [0.4, 0.5) is 0 Å². The zero-order valence-corrected chi connectivity index (χ0v) is 16.4. The van der Waals surface area contributed by atoms with E-state index in [0.29, 0.717) is 11.5 Å². The fraction of sp³-hybridized carbons (Fsp3) is 0.429. The Labute approximate surface area is 158 Å². The van der Waals surface area contributed by atoms with Gasteiger partial charge in [-0.15, -0.1) is 0 Å². The summed E-state index contributed by atoms with van der Waals surface area (Å²) in [6, 6.07) is 17.1. The summed E-state index contributed by atoms with van der Waals surface area (Å²) in [5.41, 5.74) is 0.904. The third-order valence-electron chi connectivity index (χ3n) is 4.67. The van der Waals surface area contributed by atoms with Crippen molar-refractivity contribution in [1.29, 1.82) is 0 Å². The summed E-state index contributed by atoms with van der Waals surface area (Å²) in [6.07, 6.45) is -0.896. The summed E-state index contributed by atoms with van der Waals surface area (Å²) < 4.78 is 18.1. The number of aryl methyl sites for hydroxylation is 1. The summed E-state index contributed by atoms with van der Waals surface area (Å²) in [4.78, 5) is 0.682. The summed E-state index contributed by atoms with van der Waals surface area (Å²) in [5.74, 6) is -0.397.